The number of hydrogen-bond donors (Lipinski definition) is 0. The smallest absolute Gasteiger partial charge is 0.245 e. The van der Waals surface area contributed by atoms with Crippen LogP contribution in [0.15, 0.2) is 29.0 Å². The van der Waals surface area contributed by atoms with Gasteiger partial charge in [-0.05, 0) is 31.0 Å². The van der Waals surface area contributed by atoms with E-state index in [-0.39, 0.29) is 11.9 Å². The molecule has 5 nitrogen and oxygen atoms in total. The second-order valence-corrected chi connectivity index (χ2v) is 8.29. The van der Waals surface area contributed by atoms with Gasteiger partial charge in [-0.25, -0.2) is 9.97 Å². The number of aromatic nitrogens is 2. The van der Waals surface area contributed by atoms with Crippen molar-refractivity contribution in [1.29, 1.82) is 0 Å². The van der Waals surface area contributed by atoms with Crippen LogP contribution in [0, 0.1) is 0 Å². The summed E-state index contributed by atoms with van der Waals surface area (Å²) in [5, 5.41) is 1.00. The molecule has 24 heavy (non-hydrogen) atoms. The van der Waals surface area contributed by atoms with Crippen LogP contribution in [0.25, 0.3) is 10.9 Å². The largest absolute Gasteiger partial charge is 0.344 e. The number of rotatable bonds is 2. The van der Waals surface area contributed by atoms with Gasteiger partial charge < -0.3 is 9.80 Å². The molecule has 2 fully saturated rings. The van der Waals surface area contributed by atoms with Gasteiger partial charge in [-0.1, -0.05) is 15.9 Å². The lowest BCUT2D eigenvalue weighted by Gasteiger charge is -2.33. The molecule has 1 aromatic carbocycles. The van der Waals surface area contributed by atoms with Crippen LogP contribution in [-0.4, -0.2) is 58.0 Å². The quantitative estimate of drug-likeness (QED) is 0.766. The number of amides is 1. The van der Waals surface area contributed by atoms with Crippen LogP contribution in [0.2, 0.25) is 0 Å². The average Bonchev–Trinajstić information content (AvgIpc) is 3.10. The Hall–Kier alpha value is -1.34. The molecule has 2 aliphatic rings. The van der Waals surface area contributed by atoms with Crippen LogP contribution in [-0.2, 0) is 4.79 Å². The molecule has 0 N–H and O–H groups in total. The van der Waals surface area contributed by atoms with Crippen molar-refractivity contribution in [2.24, 2.45) is 0 Å². The molecule has 4 rings (SSSR count). The zero-order valence-electron chi connectivity index (χ0n) is 13.3. The fourth-order valence-electron chi connectivity index (χ4n) is 3.52. The lowest BCUT2D eigenvalue weighted by atomic mass is 10.1. The van der Waals surface area contributed by atoms with E-state index in [0.29, 0.717) is 0 Å². The van der Waals surface area contributed by atoms with Gasteiger partial charge in [0.15, 0.2) is 0 Å². The number of anilines is 1. The molecule has 2 aromatic rings. The molecule has 126 valence electrons. The van der Waals surface area contributed by atoms with E-state index < -0.39 is 0 Å². The maximum atomic E-state index is 13.0. The van der Waals surface area contributed by atoms with E-state index in [2.05, 4.69) is 30.8 Å². The zero-order chi connectivity index (χ0) is 16.5. The number of thioether (sulfide) groups is 1. The highest BCUT2D eigenvalue weighted by molar-refractivity contribution is 9.10. The molecular weight excluding hydrogens is 388 g/mol. The number of benzene rings is 1. The van der Waals surface area contributed by atoms with Crippen molar-refractivity contribution >= 4 is 50.3 Å². The normalized spacial score (nSPS) is 21.5. The van der Waals surface area contributed by atoms with E-state index in [1.807, 2.05) is 34.9 Å². The fraction of sp³-hybridized carbons (Fsp3) is 0.471. The Labute approximate surface area is 153 Å². The highest BCUT2D eigenvalue weighted by Gasteiger charge is 2.35. The maximum absolute atomic E-state index is 13.0. The Balaban J connectivity index is 1.67. The molecule has 0 radical (unpaired) electrons. The first-order chi connectivity index (χ1) is 11.7. The Morgan fingerprint density at radius 3 is 2.88 bits per heavy atom. The van der Waals surface area contributed by atoms with Crippen LogP contribution in [0.1, 0.15) is 12.8 Å². The third-order valence-electron chi connectivity index (χ3n) is 4.71. The predicted octanol–water partition coefficient (Wildman–Crippen LogP) is 2.94. The van der Waals surface area contributed by atoms with Crippen LogP contribution in [0.5, 0.6) is 0 Å². The number of halogens is 1. The second-order valence-electron chi connectivity index (χ2n) is 6.15. The van der Waals surface area contributed by atoms with E-state index in [9.17, 15) is 4.79 Å². The molecule has 7 heteroatoms. The van der Waals surface area contributed by atoms with Gasteiger partial charge in [-0.2, -0.15) is 11.8 Å². The van der Waals surface area contributed by atoms with Gasteiger partial charge in [-0.3, -0.25) is 4.79 Å². The van der Waals surface area contributed by atoms with Crippen molar-refractivity contribution in [3.8, 4) is 0 Å². The summed E-state index contributed by atoms with van der Waals surface area (Å²) < 4.78 is 1.00. The summed E-state index contributed by atoms with van der Waals surface area (Å²) in [6.45, 7) is 2.60. The van der Waals surface area contributed by atoms with E-state index >= 15 is 0 Å². The number of carbonyl (C=O) groups excluding carboxylic acids is 1. The minimum Gasteiger partial charge on any atom is -0.344 e. The third kappa shape index (κ3) is 2.99. The van der Waals surface area contributed by atoms with E-state index in [4.69, 9.17) is 0 Å². The first kappa shape index (κ1) is 16.1. The molecule has 3 heterocycles. The Bertz CT molecular complexity index is 765. The van der Waals surface area contributed by atoms with Crippen molar-refractivity contribution in [3.05, 3.63) is 29.0 Å². The Kier molecular flexibility index (Phi) is 4.63. The number of hydrogen-bond acceptors (Lipinski definition) is 5. The highest BCUT2D eigenvalue weighted by Crippen LogP contribution is 2.32. The van der Waals surface area contributed by atoms with Crippen LogP contribution < -0.4 is 4.90 Å². The van der Waals surface area contributed by atoms with Gasteiger partial charge in [0.05, 0.1) is 5.52 Å². The van der Waals surface area contributed by atoms with Gasteiger partial charge in [-0.15, -0.1) is 0 Å². The summed E-state index contributed by atoms with van der Waals surface area (Å²) in [7, 11) is 0. The number of nitrogens with zero attached hydrogens (tertiary/aromatic N) is 4. The maximum Gasteiger partial charge on any atom is 0.245 e. The topological polar surface area (TPSA) is 49.3 Å². The van der Waals surface area contributed by atoms with Crippen LogP contribution in [0.3, 0.4) is 0 Å². The minimum atomic E-state index is -0.0924. The van der Waals surface area contributed by atoms with E-state index in [1.54, 1.807) is 6.33 Å². The van der Waals surface area contributed by atoms with E-state index in [1.165, 1.54) is 0 Å². The van der Waals surface area contributed by atoms with E-state index in [0.717, 1.165) is 65.2 Å². The first-order valence-electron chi connectivity index (χ1n) is 8.27. The zero-order valence-corrected chi connectivity index (χ0v) is 15.7. The molecule has 1 unspecified atom stereocenters. The van der Waals surface area contributed by atoms with Crippen molar-refractivity contribution in [3.63, 3.8) is 0 Å². The van der Waals surface area contributed by atoms with Crippen molar-refractivity contribution in [2.75, 3.05) is 36.0 Å². The summed E-state index contributed by atoms with van der Waals surface area (Å²) in [6.07, 6.45) is 3.53. The second kappa shape index (κ2) is 6.88. The molecule has 0 bridgehead atoms. The molecule has 1 aromatic heterocycles. The number of carbonyl (C=O) groups is 1. The van der Waals surface area contributed by atoms with Gasteiger partial charge >= 0.3 is 0 Å². The molecule has 1 atom stereocenters. The molecule has 2 aliphatic heterocycles. The summed E-state index contributed by atoms with van der Waals surface area (Å²) in [5.74, 6) is 3.22. The van der Waals surface area contributed by atoms with Gasteiger partial charge in [0.25, 0.3) is 0 Å². The molecular formula is C17H19BrN4OS. The minimum absolute atomic E-state index is 0.0924. The van der Waals surface area contributed by atoms with Gasteiger partial charge in [0.2, 0.25) is 5.91 Å². The van der Waals surface area contributed by atoms with Gasteiger partial charge in [0, 0.05) is 41.0 Å². The predicted molar refractivity (Wildman–Crippen MR) is 102 cm³/mol. The van der Waals surface area contributed by atoms with Crippen molar-refractivity contribution in [2.45, 2.75) is 18.9 Å². The average molecular weight is 407 g/mol. The third-order valence-corrected chi connectivity index (χ3v) is 6.14. The molecule has 0 aliphatic carbocycles. The molecule has 1 amide bonds. The lowest BCUT2D eigenvalue weighted by Crippen LogP contribution is -2.48. The Morgan fingerprint density at radius 1 is 1.21 bits per heavy atom. The Morgan fingerprint density at radius 2 is 2.04 bits per heavy atom. The summed E-state index contributed by atoms with van der Waals surface area (Å²) >= 11 is 5.46. The standard InChI is InChI=1S/C17H19BrN4OS/c18-12-3-4-14-13(10-12)16(20-11-19-14)22-5-1-2-15(22)17(23)21-6-8-24-9-7-21/h3-4,10-11,15H,1-2,5-9H2. The van der Waals surface area contributed by atoms with Crippen molar-refractivity contribution in [1.82, 2.24) is 14.9 Å². The van der Waals surface area contributed by atoms with Crippen LogP contribution in [0.4, 0.5) is 5.82 Å². The number of fused-ring (bicyclic) bond motifs is 1. The lowest BCUT2D eigenvalue weighted by molar-refractivity contribution is -0.132. The molecule has 0 saturated carbocycles. The highest BCUT2D eigenvalue weighted by atomic mass is 79.9. The monoisotopic (exact) mass is 406 g/mol. The summed E-state index contributed by atoms with van der Waals surface area (Å²) in [4.78, 5) is 26.1. The summed E-state index contributed by atoms with van der Waals surface area (Å²) in [5.41, 5.74) is 0.913. The summed E-state index contributed by atoms with van der Waals surface area (Å²) in [6, 6.07) is 5.92. The van der Waals surface area contributed by atoms with Crippen LogP contribution >= 0.6 is 27.7 Å². The molecule has 0 spiro atoms. The SMILES string of the molecule is O=C(C1CCCN1c1ncnc2ccc(Br)cc12)N1CCSCC1. The van der Waals surface area contributed by atoms with Gasteiger partial charge in [0.1, 0.15) is 18.2 Å². The molecule has 2 saturated heterocycles. The first-order valence-corrected chi connectivity index (χ1v) is 10.2. The van der Waals surface area contributed by atoms with Crippen molar-refractivity contribution < 1.29 is 4.79 Å². The fourth-order valence-corrected chi connectivity index (χ4v) is 4.78.